The van der Waals surface area contributed by atoms with Gasteiger partial charge in [-0.05, 0) is 17.1 Å². The lowest BCUT2D eigenvalue weighted by molar-refractivity contribution is -0.390. The summed E-state index contributed by atoms with van der Waals surface area (Å²) < 4.78 is 5.71. The third-order valence-corrected chi connectivity index (χ3v) is 3.41. The molecule has 0 bridgehead atoms. The average molecular weight is 330 g/mol. The largest absolute Gasteiger partial charge is 0.465 e. The average Bonchev–Trinajstić information content (AvgIpc) is 2.86. The van der Waals surface area contributed by atoms with Gasteiger partial charge in [-0.2, -0.15) is 4.68 Å². The molecular weight excluding hydrogens is 321 g/mol. The lowest BCUT2D eigenvalue weighted by atomic mass is 10.2. The molecular formula is C12H9Cl2N3O4. The molecule has 0 atom stereocenters. The molecule has 0 fully saturated rings. The molecule has 0 spiro atoms. The van der Waals surface area contributed by atoms with Gasteiger partial charge in [-0.25, -0.2) is 4.79 Å². The molecule has 0 saturated carbocycles. The lowest BCUT2D eigenvalue weighted by Gasteiger charge is -2.04. The molecule has 0 amide bonds. The monoisotopic (exact) mass is 329 g/mol. The number of carbonyl (C=O) groups excluding carboxylic acids is 1. The van der Waals surface area contributed by atoms with Crippen LogP contribution in [0.3, 0.4) is 0 Å². The van der Waals surface area contributed by atoms with Crippen molar-refractivity contribution >= 4 is 35.0 Å². The number of esters is 1. The van der Waals surface area contributed by atoms with E-state index >= 15 is 0 Å². The molecule has 9 heteroatoms. The maximum atomic E-state index is 11.5. The fourth-order valence-corrected chi connectivity index (χ4v) is 2.24. The van der Waals surface area contributed by atoms with Crippen molar-refractivity contribution in [3.63, 3.8) is 0 Å². The first kappa shape index (κ1) is 15.3. The summed E-state index contributed by atoms with van der Waals surface area (Å²) in [5.41, 5.74) is 0.320. The minimum Gasteiger partial charge on any atom is -0.465 e. The molecule has 0 unspecified atom stereocenters. The number of nitrogens with zero attached hydrogens (tertiary/aromatic N) is 3. The number of carbonyl (C=O) groups is 1. The maximum absolute atomic E-state index is 11.5. The van der Waals surface area contributed by atoms with Crippen LogP contribution in [-0.2, 0) is 11.3 Å². The minimum atomic E-state index is -0.835. The van der Waals surface area contributed by atoms with E-state index in [1.165, 1.54) is 10.9 Å². The smallest absolute Gasteiger partial charge is 0.404 e. The molecule has 0 aliphatic carbocycles. The molecule has 1 aromatic heterocycles. The summed E-state index contributed by atoms with van der Waals surface area (Å²) in [7, 11) is 1.13. The zero-order valence-electron chi connectivity index (χ0n) is 10.7. The van der Waals surface area contributed by atoms with Crippen LogP contribution in [0.25, 0.3) is 0 Å². The van der Waals surface area contributed by atoms with E-state index in [0.717, 1.165) is 7.11 Å². The highest BCUT2D eigenvalue weighted by atomic mass is 35.5. The molecule has 0 N–H and O–H groups in total. The zero-order valence-corrected chi connectivity index (χ0v) is 12.3. The molecule has 1 aromatic carbocycles. The number of rotatable bonds is 4. The highest BCUT2D eigenvalue weighted by Gasteiger charge is 2.27. The number of aromatic nitrogens is 2. The Balaban J connectivity index is 2.42. The topological polar surface area (TPSA) is 87.3 Å². The Morgan fingerprint density at radius 2 is 2.05 bits per heavy atom. The first-order chi connectivity index (χ1) is 9.93. The van der Waals surface area contributed by atoms with Gasteiger partial charge < -0.3 is 14.9 Å². The van der Waals surface area contributed by atoms with Crippen molar-refractivity contribution in [1.29, 1.82) is 0 Å². The van der Waals surface area contributed by atoms with Gasteiger partial charge in [-0.15, -0.1) is 0 Å². The Morgan fingerprint density at radius 3 is 2.57 bits per heavy atom. The lowest BCUT2D eigenvalue weighted by Crippen LogP contribution is -2.03. The molecule has 0 saturated heterocycles. The molecule has 110 valence electrons. The minimum absolute atomic E-state index is 0.0936. The summed E-state index contributed by atoms with van der Waals surface area (Å²) in [6, 6.07) is 4.96. The summed E-state index contributed by atoms with van der Waals surface area (Å²) in [6.45, 7) is 0.0936. The fourth-order valence-electron chi connectivity index (χ4n) is 1.73. The molecule has 7 nitrogen and oxygen atoms in total. The Morgan fingerprint density at radius 1 is 1.43 bits per heavy atom. The van der Waals surface area contributed by atoms with E-state index in [1.807, 2.05) is 0 Å². The highest BCUT2D eigenvalue weighted by Crippen LogP contribution is 2.26. The molecule has 1 heterocycles. The third kappa shape index (κ3) is 3.14. The van der Waals surface area contributed by atoms with E-state index in [9.17, 15) is 14.9 Å². The number of methoxy groups -OCH3 is 1. The van der Waals surface area contributed by atoms with Gasteiger partial charge >= 0.3 is 11.8 Å². The molecule has 0 radical (unpaired) electrons. The quantitative estimate of drug-likeness (QED) is 0.489. The van der Waals surface area contributed by atoms with E-state index < -0.39 is 16.7 Å². The van der Waals surface area contributed by atoms with Crippen molar-refractivity contribution in [2.75, 3.05) is 7.11 Å². The second-order valence-electron chi connectivity index (χ2n) is 4.01. The number of nitro groups is 1. The van der Waals surface area contributed by atoms with E-state index in [4.69, 9.17) is 23.2 Å². The van der Waals surface area contributed by atoms with E-state index in [-0.39, 0.29) is 12.1 Å². The second-order valence-corrected chi connectivity index (χ2v) is 4.83. The van der Waals surface area contributed by atoms with Gasteiger partial charge in [0, 0.05) is 15.6 Å². The van der Waals surface area contributed by atoms with Gasteiger partial charge in [-0.1, -0.05) is 29.3 Å². The summed E-state index contributed by atoms with van der Waals surface area (Å²) in [5.74, 6) is -1.41. The Hall–Kier alpha value is -2.12. The zero-order chi connectivity index (χ0) is 15.6. The number of hydrogen-bond donors (Lipinski definition) is 0. The molecule has 0 aliphatic rings. The van der Waals surface area contributed by atoms with Crippen molar-refractivity contribution in [3.05, 3.63) is 55.7 Å². The van der Waals surface area contributed by atoms with Gasteiger partial charge in [0.15, 0.2) is 5.56 Å². The number of hydrogen-bond acceptors (Lipinski definition) is 5. The van der Waals surface area contributed by atoms with Crippen molar-refractivity contribution in [2.45, 2.75) is 6.54 Å². The highest BCUT2D eigenvalue weighted by molar-refractivity contribution is 6.35. The van der Waals surface area contributed by atoms with Crippen LogP contribution in [0.1, 0.15) is 15.9 Å². The van der Waals surface area contributed by atoms with Gasteiger partial charge in [0.2, 0.25) is 0 Å². The van der Waals surface area contributed by atoms with Crippen molar-refractivity contribution < 1.29 is 14.5 Å². The van der Waals surface area contributed by atoms with Crippen molar-refractivity contribution in [2.24, 2.45) is 0 Å². The van der Waals surface area contributed by atoms with Crippen molar-refractivity contribution in [3.8, 4) is 0 Å². The number of halogens is 2. The van der Waals surface area contributed by atoms with Gasteiger partial charge in [-0.3, -0.25) is 0 Å². The normalized spacial score (nSPS) is 10.4. The van der Waals surface area contributed by atoms with Gasteiger partial charge in [0.1, 0.15) is 0 Å². The van der Waals surface area contributed by atoms with E-state index in [1.54, 1.807) is 18.2 Å². The van der Waals surface area contributed by atoms with Crippen LogP contribution in [0.15, 0.2) is 24.4 Å². The van der Waals surface area contributed by atoms with Crippen LogP contribution < -0.4 is 0 Å². The second kappa shape index (κ2) is 6.11. The molecule has 2 aromatic rings. The number of benzene rings is 1. The Bertz CT molecular complexity index is 694. The standard InChI is InChI=1S/C12H9Cl2N3O4/c1-21-12(18)8-6-16(15-11(8)17(19)20)5-7-9(13)3-2-4-10(7)14/h2-4,6H,5H2,1H3. The van der Waals surface area contributed by atoms with Gasteiger partial charge in [0.05, 0.1) is 25.0 Å². The molecule has 21 heavy (non-hydrogen) atoms. The van der Waals surface area contributed by atoms with E-state index in [2.05, 4.69) is 9.84 Å². The number of ether oxygens (including phenoxy) is 1. The van der Waals surface area contributed by atoms with Crippen LogP contribution in [0.4, 0.5) is 5.82 Å². The SMILES string of the molecule is COC(=O)c1cn(Cc2c(Cl)cccc2Cl)nc1[N+](=O)[O-]. The Labute approximate surface area is 129 Å². The molecule has 2 rings (SSSR count). The van der Waals surface area contributed by atoms with Crippen LogP contribution >= 0.6 is 23.2 Å². The van der Waals surface area contributed by atoms with Crippen LogP contribution in [-0.4, -0.2) is 27.8 Å². The molecule has 0 aliphatic heterocycles. The maximum Gasteiger partial charge on any atom is 0.404 e. The van der Waals surface area contributed by atoms with Crippen LogP contribution in [0.5, 0.6) is 0 Å². The fraction of sp³-hybridized carbons (Fsp3) is 0.167. The van der Waals surface area contributed by atoms with E-state index in [0.29, 0.717) is 15.6 Å². The van der Waals surface area contributed by atoms with Crippen molar-refractivity contribution in [1.82, 2.24) is 9.78 Å². The first-order valence-corrected chi connectivity index (χ1v) is 6.42. The summed E-state index contributed by atoms with van der Waals surface area (Å²) in [4.78, 5) is 21.7. The predicted octanol–water partition coefficient (Wildman–Crippen LogP) is 2.93. The van der Waals surface area contributed by atoms with Gasteiger partial charge in [0.25, 0.3) is 0 Å². The summed E-state index contributed by atoms with van der Waals surface area (Å²) >= 11 is 12.1. The predicted molar refractivity (Wildman–Crippen MR) is 75.8 cm³/mol. The summed E-state index contributed by atoms with van der Waals surface area (Å²) in [5, 5.41) is 15.5. The van der Waals surface area contributed by atoms with Crippen LogP contribution in [0.2, 0.25) is 10.0 Å². The summed E-state index contributed by atoms with van der Waals surface area (Å²) in [6.07, 6.45) is 1.23. The third-order valence-electron chi connectivity index (χ3n) is 2.70. The van der Waals surface area contributed by atoms with Crippen LogP contribution in [0, 0.1) is 10.1 Å². The first-order valence-electron chi connectivity index (χ1n) is 5.67. The Kier molecular flexibility index (Phi) is 4.44.